The fraction of sp³-hybridized carbons (Fsp3) is 0.667. The van der Waals surface area contributed by atoms with Crippen molar-refractivity contribution in [3.05, 3.63) is 35.9 Å². The van der Waals surface area contributed by atoms with Gasteiger partial charge in [-0.15, -0.1) is 10.2 Å². The molecule has 2 fully saturated rings. The standard InChI is InChI=1S/C21H31N7O/c1-16(2)28-15-24-25-19(28)13-26-8-6-21(7-9-26)5-4-20(29)27(14-21)12-18-11-22-17(3)10-23-18/h10-11,15-16H,4-9,12-14H2,1-3H3. The van der Waals surface area contributed by atoms with Gasteiger partial charge in [-0.25, -0.2) is 0 Å². The molecular formula is C21H31N7O. The Labute approximate surface area is 172 Å². The topological polar surface area (TPSA) is 80.0 Å². The Hall–Kier alpha value is -2.35. The molecule has 156 valence electrons. The number of hydrogen-bond donors (Lipinski definition) is 0. The lowest BCUT2D eigenvalue weighted by molar-refractivity contribution is -0.140. The molecule has 29 heavy (non-hydrogen) atoms. The summed E-state index contributed by atoms with van der Waals surface area (Å²) >= 11 is 0. The molecule has 4 rings (SSSR count). The van der Waals surface area contributed by atoms with Gasteiger partial charge in [-0.1, -0.05) is 0 Å². The van der Waals surface area contributed by atoms with Crippen LogP contribution in [0.15, 0.2) is 18.7 Å². The lowest BCUT2D eigenvalue weighted by atomic mass is 9.72. The zero-order valence-corrected chi connectivity index (χ0v) is 17.7. The number of nitrogens with zero attached hydrogens (tertiary/aromatic N) is 7. The summed E-state index contributed by atoms with van der Waals surface area (Å²) in [7, 11) is 0. The predicted molar refractivity (Wildman–Crippen MR) is 109 cm³/mol. The molecule has 0 bridgehead atoms. The summed E-state index contributed by atoms with van der Waals surface area (Å²) in [6.45, 7) is 10.6. The first-order chi connectivity index (χ1) is 13.9. The quantitative estimate of drug-likeness (QED) is 0.771. The Balaban J connectivity index is 1.36. The maximum atomic E-state index is 12.5. The highest BCUT2D eigenvalue weighted by molar-refractivity contribution is 5.77. The van der Waals surface area contributed by atoms with E-state index in [2.05, 4.69) is 43.5 Å². The number of aromatic nitrogens is 5. The van der Waals surface area contributed by atoms with E-state index in [1.165, 1.54) is 0 Å². The van der Waals surface area contributed by atoms with Gasteiger partial charge in [0.1, 0.15) is 12.2 Å². The Morgan fingerprint density at radius 3 is 2.59 bits per heavy atom. The van der Waals surface area contributed by atoms with E-state index >= 15 is 0 Å². The summed E-state index contributed by atoms with van der Waals surface area (Å²) in [5.41, 5.74) is 2.00. The number of aryl methyl sites for hydroxylation is 1. The van der Waals surface area contributed by atoms with Crippen LogP contribution in [0.25, 0.3) is 0 Å². The van der Waals surface area contributed by atoms with Gasteiger partial charge in [0, 0.05) is 25.2 Å². The smallest absolute Gasteiger partial charge is 0.222 e. The van der Waals surface area contributed by atoms with Crippen LogP contribution in [0, 0.1) is 12.3 Å². The monoisotopic (exact) mass is 397 g/mol. The van der Waals surface area contributed by atoms with E-state index in [1.54, 1.807) is 12.4 Å². The summed E-state index contributed by atoms with van der Waals surface area (Å²) < 4.78 is 2.15. The Bertz CT molecular complexity index is 837. The number of carbonyl (C=O) groups is 1. The minimum absolute atomic E-state index is 0.230. The van der Waals surface area contributed by atoms with Crippen LogP contribution in [-0.2, 0) is 17.9 Å². The van der Waals surface area contributed by atoms with Crippen molar-refractivity contribution in [2.45, 2.75) is 65.6 Å². The van der Waals surface area contributed by atoms with Gasteiger partial charge in [0.05, 0.1) is 30.7 Å². The molecule has 0 aliphatic carbocycles. The maximum Gasteiger partial charge on any atom is 0.222 e. The highest BCUT2D eigenvalue weighted by Gasteiger charge is 2.41. The highest BCUT2D eigenvalue weighted by atomic mass is 16.2. The van der Waals surface area contributed by atoms with Crippen LogP contribution < -0.4 is 0 Å². The Morgan fingerprint density at radius 2 is 1.90 bits per heavy atom. The molecule has 2 aliphatic heterocycles. The second kappa shape index (κ2) is 8.18. The molecule has 2 aromatic heterocycles. The van der Waals surface area contributed by atoms with E-state index in [4.69, 9.17) is 0 Å². The van der Waals surface area contributed by atoms with Gasteiger partial charge in [0.15, 0.2) is 0 Å². The molecule has 1 amide bonds. The molecule has 1 spiro atoms. The number of likely N-dealkylation sites (tertiary alicyclic amines) is 2. The van der Waals surface area contributed by atoms with Crippen molar-refractivity contribution in [1.82, 2.24) is 34.5 Å². The zero-order valence-electron chi connectivity index (χ0n) is 17.7. The van der Waals surface area contributed by atoms with E-state index in [-0.39, 0.29) is 11.3 Å². The average Bonchev–Trinajstić information content (AvgIpc) is 3.17. The summed E-state index contributed by atoms with van der Waals surface area (Å²) in [4.78, 5) is 25.7. The minimum atomic E-state index is 0.230. The fourth-order valence-electron chi connectivity index (χ4n) is 4.55. The molecule has 0 aromatic carbocycles. The molecule has 4 heterocycles. The van der Waals surface area contributed by atoms with Crippen molar-refractivity contribution in [2.24, 2.45) is 5.41 Å². The minimum Gasteiger partial charge on any atom is -0.336 e. The highest BCUT2D eigenvalue weighted by Crippen LogP contribution is 2.40. The van der Waals surface area contributed by atoms with Crippen LogP contribution in [-0.4, -0.2) is 60.1 Å². The Kier molecular flexibility index (Phi) is 5.63. The lowest BCUT2D eigenvalue weighted by Crippen LogP contribution is -2.51. The van der Waals surface area contributed by atoms with Gasteiger partial charge < -0.3 is 9.47 Å². The third-order valence-corrected chi connectivity index (χ3v) is 6.42. The third kappa shape index (κ3) is 4.47. The van der Waals surface area contributed by atoms with E-state index in [0.717, 1.165) is 62.7 Å². The molecule has 0 N–H and O–H groups in total. The largest absolute Gasteiger partial charge is 0.336 e. The summed E-state index contributed by atoms with van der Waals surface area (Å²) in [5.74, 6) is 1.28. The van der Waals surface area contributed by atoms with Crippen LogP contribution in [0.5, 0.6) is 0 Å². The SMILES string of the molecule is Cc1cnc(CN2CC3(CCC2=O)CCN(Cc2nncn2C(C)C)CC3)cn1. The van der Waals surface area contributed by atoms with Crippen LogP contribution in [0.1, 0.15) is 62.8 Å². The molecule has 0 atom stereocenters. The van der Waals surface area contributed by atoms with Crippen LogP contribution in [0.4, 0.5) is 0 Å². The van der Waals surface area contributed by atoms with E-state index in [9.17, 15) is 4.79 Å². The van der Waals surface area contributed by atoms with Crippen LogP contribution in [0.2, 0.25) is 0 Å². The van der Waals surface area contributed by atoms with Gasteiger partial charge in [-0.2, -0.15) is 0 Å². The fourth-order valence-corrected chi connectivity index (χ4v) is 4.55. The second-order valence-corrected chi connectivity index (χ2v) is 8.92. The van der Waals surface area contributed by atoms with Crippen molar-refractivity contribution in [3.8, 4) is 0 Å². The van der Waals surface area contributed by atoms with Gasteiger partial charge in [0.25, 0.3) is 0 Å². The van der Waals surface area contributed by atoms with Gasteiger partial charge in [-0.05, 0) is 58.5 Å². The van der Waals surface area contributed by atoms with Crippen molar-refractivity contribution >= 4 is 5.91 Å². The van der Waals surface area contributed by atoms with Crippen molar-refractivity contribution in [3.63, 3.8) is 0 Å². The van der Waals surface area contributed by atoms with Gasteiger partial charge >= 0.3 is 0 Å². The van der Waals surface area contributed by atoms with Crippen LogP contribution >= 0.6 is 0 Å². The third-order valence-electron chi connectivity index (χ3n) is 6.42. The van der Waals surface area contributed by atoms with Gasteiger partial charge in [-0.3, -0.25) is 19.7 Å². The molecule has 8 heteroatoms. The summed E-state index contributed by atoms with van der Waals surface area (Å²) in [6, 6.07) is 0.374. The summed E-state index contributed by atoms with van der Waals surface area (Å²) in [5, 5.41) is 8.40. The maximum absolute atomic E-state index is 12.5. The number of rotatable bonds is 5. The average molecular weight is 398 g/mol. The number of hydrogen-bond acceptors (Lipinski definition) is 6. The van der Waals surface area contributed by atoms with E-state index < -0.39 is 0 Å². The normalized spacial score (nSPS) is 20.0. The number of piperidine rings is 2. The molecule has 8 nitrogen and oxygen atoms in total. The summed E-state index contributed by atoms with van der Waals surface area (Å²) in [6.07, 6.45) is 9.26. The van der Waals surface area contributed by atoms with Crippen LogP contribution in [0.3, 0.4) is 0 Å². The number of carbonyl (C=O) groups excluding carboxylic acids is 1. The van der Waals surface area contributed by atoms with Crippen molar-refractivity contribution < 1.29 is 4.79 Å². The van der Waals surface area contributed by atoms with E-state index in [0.29, 0.717) is 19.0 Å². The molecule has 0 radical (unpaired) electrons. The number of amides is 1. The molecule has 2 aliphatic rings. The first-order valence-electron chi connectivity index (χ1n) is 10.6. The molecule has 0 unspecified atom stereocenters. The predicted octanol–water partition coefficient (Wildman–Crippen LogP) is 2.36. The molecule has 2 saturated heterocycles. The zero-order chi connectivity index (χ0) is 20.4. The molecule has 2 aromatic rings. The van der Waals surface area contributed by atoms with Crippen molar-refractivity contribution in [2.75, 3.05) is 19.6 Å². The first-order valence-corrected chi connectivity index (χ1v) is 10.6. The second-order valence-electron chi connectivity index (χ2n) is 8.92. The van der Waals surface area contributed by atoms with Gasteiger partial charge in [0.2, 0.25) is 5.91 Å². The van der Waals surface area contributed by atoms with Crippen molar-refractivity contribution in [1.29, 1.82) is 0 Å². The van der Waals surface area contributed by atoms with E-state index in [1.807, 2.05) is 18.2 Å². The molecule has 0 saturated carbocycles. The lowest BCUT2D eigenvalue weighted by Gasteiger charge is -2.47. The first kappa shape index (κ1) is 19.9. The molecular weight excluding hydrogens is 366 g/mol. The Morgan fingerprint density at radius 1 is 1.10 bits per heavy atom.